The van der Waals surface area contributed by atoms with Crippen molar-refractivity contribution in [3.8, 4) is 0 Å². The molecule has 0 unspecified atom stereocenters. The Balaban J connectivity index is 1.35. The van der Waals surface area contributed by atoms with E-state index in [1.807, 2.05) is 0 Å². The van der Waals surface area contributed by atoms with Gasteiger partial charge < -0.3 is 10.6 Å². The first-order valence-electron chi connectivity index (χ1n) is 7.52. The van der Waals surface area contributed by atoms with E-state index in [1.54, 1.807) is 0 Å². The van der Waals surface area contributed by atoms with Gasteiger partial charge in [-0.1, -0.05) is 35.9 Å². The molecule has 2 aliphatic carbocycles. The molecule has 0 spiro atoms. The maximum Gasteiger partial charge on any atom is 0.321 e. The van der Waals surface area contributed by atoms with Crippen molar-refractivity contribution in [1.82, 2.24) is 20.8 Å². The minimum Gasteiger partial charge on any atom is -0.357 e. The van der Waals surface area contributed by atoms with Crippen LogP contribution in [0.4, 0.5) is 9.93 Å². The summed E-state index contributed by atoms with van der Waals surface area (Å²) in [7, 11) is 0. The van der Waals surface area contributed by atoms with Crippen LogP contribution in [0.1, 0.15) is 38.5 Å². The molecule has 22 heavy (non-hydrogen) atoms. The smallest absolute Gasteiger partial charge is 0.321 e. The average Bonchev–Trinajstić information content (AvgIpc) is 2.96. The van der Waals surface area contributed by atoms with Crippen LogP contribution in [-0.4, -0.2) is 40.0 Å². The number of aromatic nitrogens is 2. The molecule has 1 aromatic heterocycles. The van der Waals surface area contributed by atoms with E-state index in [2.05, 4.69) is 26.1 Å². The topological polar surface area (TPSA) is 96.0 Å². The second-order valence-electron chi connectivity index (χ2n) is 5.58. The van der Waals surface area contributed by atoms with E-state index in [0.717, 1.165) is 35.2 Å². The molecule has 2 saturated carbocycles. The molecule has 0 saturated heterocycles. The third kappa shape index (κ3) is 4.84. The molecule has 3 amide bonds. The molecule has 0 radical (unpaired) electrons. The molecule has 0 aromatic carbocycles. The standard InChI is InChI=1S/C13H19N5O2S2/c19-10(16-11(20)14-8-3-1-2-4-8)7-21-13-18-17-12(22-13)15-9-5-6-9/h8-9H,1-7H2,(H,15,17)(H2,14,16,19,20). The first-order valence-corrected chi connectivity index (χ1v) is 9.32. The van der Waals surface area contributed by atoms with E-state index in [9.17, 15) is 9.59 Å². The molecule has 1 aromatic rings. The maximum absolute atomic E-state index is 11.7. The summed E-state index contributed by atoms with van der Waals surface area (Å²) in [5.74, 6) is -0.150. The Morgan fingerprint density at radius 1 is 1.14 bits per heavy atom. The first-order chi connectivity index (χ1) is 10.7. The fourth-order valence-corrected chi connectivity index (χ4v) is 3.94. The minimum absolute atomic E-state index is 0.163. The van der Waals surface area contributed by atoms with Crippen molar-refractivity contribution in [2.24, 2.45) is 0 Å². The number of hydrogen-bond donors (Lipinski definition) is 3. The minimum atomic E-state index is -0.397. The van der Waals surface area contributed by atoms with Crippen LogP contribution >= 0.6 is 23.1 Å². The van der Waals surface area contributed by atoms with E-state index in [-0.39, 0.29) is 17.7 Å². The molecular formula is C13H19N5O2S2. The van der Waals surface area contributed by atoms with Crippen molar-refractivity contribution in [2.45, 2.75) is 54.9 Å². The second kappa shape index (κ2) is 7.28. The molecule has 2 aliphatic rings. The Bertz CT molecular complexity index is 540. The lowest BCUT2D eigenvalue weighted by Crippen LogP contribution is -2.44. The molecule has 7 nitrogen and oxygen atoms in total. The fraction of sp³-hybridized carbons (Fsp3) is 0.692. The van der Waals surface area contributed by atoms with Gasteiger partial charge in [0.05, 0.1) is 5.75 Å². The predicted octanol–water partition coefficient (Wildman–Crippen LogP) is 1.97. The Kier molecular flexibility index (Phi) is 5.14. The third-order valence-corrected chi connectivity index (χ3v) is 5.57. The SMILES string of the molecule is O=C(CSc1nnc(NC2CC2)s1)NC(=O)NC1CCCC1. The fourth-order valence-electron chi connectivity index (χ4n) is 2.31. The Labute approximate surface area is 137 Å². The molecule has 1 heterocycles. The number of anilines is 1. The number of thioether (sulfide) groups is 1. The van der Waals surface area contributed by atoms with Gasteiger partial charge in [-0.05, 0) is 25.7 Å². The molecular weight excluding hydrogens is 322 g/mol. The zero-order valence-corrected chi connectivity index (χ0v) is 13.8. The van der Waals surface area contributed by atoms with Crippen LogP contribution in [0.2, 0.25) is 0 Å². The second-order valence-corrected chi connectivity index (χ2v) is 7.78. The van der Waals surface area contributed by atoms with Crippen LogP contribution in [0.3, 0.4) is 0 Å². The normalized spacial score (nSPS) is 18.2. The highest BCUT2D eigenvalue weighted by Gasteiger charge is 2.22. The summed E-state index contributed by atoms with van der Waals surface area (Å²) in [4.78, 5) is 23.4. The van der Waals surface area contributed by atoms with Gasteiger partial charge in [-0.2, -0.15) is 0 Å². The summed E-state index contributed by atoms with van der Waals surface area (Å²) < 4.78 is 0.731. The summed E-state index contributed by atoms with van der Waals surface area (Å²) in [6.45, 7) is 0. The van der Waals surface area contributed by atoms with Crippen molar-refractivity contribution >= 4 is 40.2 Å². The van der Waals surface area contributed by atoms with E-state index >= 15 is 0 Å². The number of nitrogens with one attached hydrogen (secondary N) is 3. The molecule has 2 fully saturated rings. The van der Waals surface area contributed by atoms with Crippen molar-refractivity contribution in [2.75, 3.05) is 11.1 Å². The molecule has 0 bridgehead atoms. The van der Waals surface area contributed by atoms with Gasteiger partial charge in [0.2, 0.25) is 11.0 Å². The van der Waals surface area contributed by atoms with Gasteiger partial charge in [-0.25, -0.2) is 4.79 Å². The van der Waals surface area contributed by atoms with E-state index in [1.165, 1.54) is 35.9 Å². The third-order valence-electron chi connectivity index (χ3n) is 3.58. The van der Waals surface area contributed by atoms with Crippen LogP contribution in [0.5, 0.6) is 0 Å². The van der Waals surface area contributed by atoms with Crippen LogP contribution in [0.15, 0.2) is 4.34 Å². The lowest BCUT2D eigenvalue weighted by Gasteiger charge is -2.11. The molecule has 9 heteroatoms. The summed E-state index contributed by atoms with van der Waals surface area (Å²) in [5.41, 5.74) is 0. The summed E-state index contributed by atoms with van der Waals surface area (Å²) in [6.07, 6.45) is 6.64. The van der Waals surface area contributed by atoms with E-state index in [4.69, 9.17) is 0 Å². The Morgan fingerprint density at radius 2 is 1.91 bits per heavy atom. The van der Waals surface area contributed by atoms with Crippen molar-refractivity contribution in [3.05, 3.63) is 0 Å². The monoisotopic (exact) mass is 341 g/mol. The van der Waals surface area contributed by atoms with Gasteiger partial charge in [-0.3, -0.25) is 10.1 Å². The number of imide groups is 1. The summed E-state index contributed by atoms with van der Waals surface area (Å²) in [6, 6.07) is 0.346. The zero-order valence-electron chi connectivity index (χ0n) is 12.1. The number of rotatable bonds is 6. The molecule has 3 rings (SSSR count). The van der Waals surface area contributed by atoms with E-state index in [0.29, 0.717) is 6.04 Å². The molecule has 120 valence electrons. The summed E-state index contributed by atoms with van der Waals surface area (Å²) >= 11 is 2.73. The van der Waals surface area contributed by atoms with Gasteiger partial charge >= 0.3 is 6.03 Å². The Hall–Kier alpha value is -1.35. The van der Waals surface area contributed by atoms with Gasteiger partial charge in [0.1, 0.15) is 0 Å². The quantitative estimate of drug-likeness (QED) is 0.685. The largest absolute Gasteiger partial charge is 0.357 e. The highest BCUT2D eigenvalue weighted by atomic mass is 32.2. The first kappa shape index (κ1) is 15.5. The zero-order chi connectivity index (χ0) is 15.4. The Morgan fingerprint density at radius 3 is 2.64 bits per heavy atom. The highest BCUT2D eigenvalue weighted by molar-refractivity contribution is 8.01. The van der Waals surface area contributed by atoms with Gasteiger partial charge in [0.25, 0.3) is 0 Å². The van der Waals surface area contributed by atoms with Crippen LogP contribution in [0.25, 0.3) is 0 Å². The molecule has 3 N–H and O–H groups in total. The maximum atomic E-state index is 11.7. The average molecular weight is 341 g/mol. The summed E-state index contributed by atoms with van der Waals surface area (Å²) in [5, 5.41) is 17.3. The van der Waals surface area contributed by atoms with Crippen molar-refractivity contribution in [3.63, 3.8) is 0 Å². The number of carbonyl (C=O) groups excluding carboxylic acids is 2. The number of amides is 3. The van der Waals surface area contributed by atoms with Crippen molar-refractivity contribution in [1.29, 1.82) is 0 Å². The lowest BCUT2D eigenvalue weighted by molar-refractivity contribution is -0.117. The number of nitrogens with zero attached hydrogens (tertiary/aromatic N) is 2. The number of hydrogen-bond acceptors (Lipinski definition) is 7. The van der Waals surface area contributed by atoms with Gasteiger partial charge in [0, 0.05) is 12.1 Å². The van der Waals surface area contributed by atoms with Crippen LogP contribution in [0, 0.1) is 0 Å². The lowest BCUT2D eigenvalue weighted by atomic mass is 10.2. The number of urea groups is 1. The highest BCUT2D eigenvalue weighted by Crippen LogP contribution is 2.30. The molecule has 0 atom stereocenters. The van der Waals surface area contributed by atoms with Crippen LogP contribution in [-0.2, 0) is 4.79 Å². The molecule has 0 aliphatic heterocycles. The predicted molar refractivity (Wildman–Crippen MR) is 86.2 cm³/mol. The van der Waals surface area contributed by atoms with Crippen molar-refractivity contribution < 1.29 is 9.59 Å². The van der Waals surface area contributed by atoms with Gasteiger partial charge in [0.15, 0.2) is 4.34 Å². The van der Waals surface area contributed by atoms with E-state index < -0.39 is 6.03 Å². The number of carbonyl (C=O) groups is 2. The van der Waals surface area contributed by atoms with Gasteiger partial charge in [-0.15, -0.1) is 10.2 Å². The van der Waals surface area contributed by atoms with Crippen LogP contribution < -0.4 is 16.0 Å².